The highest BCUT2D eigenvalue weighted by atomic mass is 32.1. The molecule has 1 aromatic carbocycles. The molecule has 0 saturated carbocycles. The van der Waals surface area contributed by atoms with E-state index in [-0.39, 0.29) is 5.91 Å². The molecule has 0 aliphatic carbocycles. The lowest BCUT2D eigenvalue weighted by Gasteiger charge is -2.34. The van der Waals surface area contributed by atoms with Crippen LogP contribution in [-0.2, 0) is 6.42 Å². The van der Waals surface area contributed by atoms with Crippen LogP contribution in [0.1, 0.15) is 22.7 Å². The fourth-order valence-corrected chi connectivity index (χ4v) is 4.06. The Balaban J connectivity index is 1.20. The van der Waals surface area contributed by atoms with Crippen LogP contribution < -0.4 is 4.74 Å². The maximum absolute atomic E-state index is 12.6. The number of ether oxygens (including phenoxy) is 1. The molecule has 2 aromatic heterocycles. The highest BCUT2D eigenvalue weighted by Crippen LogP contribution is 2.21. The van der Waals surface area contributed by atoms with E-state index in [4.69, 9.17) is 9.26 Å². The third-order valence-corrected chi connectivity index (χ3v) is 5.94. The van der Waals surface area contributed by atoms with Crippen LogP contribution in [0.2, 0.25) is 0 Å². The second kappa shape index (κ2) is 9.19. The van der Waals surface area contributed by atoms with Crippen molar-refractivity contribution in [2.45, 2.75) is 12.8 Å². The Hall–Kier alpha value is -2.71. The normalized spacial score (nSPS) is 14.9. The van der Waals surface area contributed by atoms with E-state index in [2.05, 4.69) is 15.0 Å². The van der Waals surface area contributed by atoms with Gasteiger partial charge in [-0.25, -0.2) is 0 Å². The molecule has 8 heteroatoms. The van der Waals surface area contributed by atoms with Crippen LogP contribution in [-0.4, -0.2) is 65.7 Å². The van der Waals surface area contributed by atoms with Gasteiger partial charge in [-0.1, -0.05) is 11.2 Å². The first-order chi connectivity index (χ1) is 14.2. The summed E-state index contributed by atoms with van der Waals surface area (Å²) in [6.45, 7) is 4.21. The van der Waals surface area contributed by atoms with E-state index < -0.39 is 0 Å². The standard InChI is InChI=1S/C21H24N4O3S/c1-27-17-8-6-16(7-9-17)21(26)25-13-11-24(12-14-25)10-2-5-19-22-20(23-28-19)18-4-3-15-29-18/h3-4,6-9,15H,2,5,10-14H2,1H3. The second-order valence-corrected chi connectivity index (χ2v) is 7.90. The summed E-state index contributed by atoms with van der Waals surface area (Å²) < 4.78 is 10.5. The van der Waals surface area contributed by atoms with E-state index in [1.165, 1.54) is 0 Å². The van der Waals surface area contributed by atoms with Crippen molar-refractivity contribution in [3.8, 4) is 16.5 Å². The van der Waals surface area contributed by atoms with E-state index >= 15 is 0 Å². The van der Waals surface area contributed by atoms with Gasteiger partial charge < -0.3 is 14.2 Å². The molecule has 1 fully saturated rings. The smallest absolute Gasteiger partial charge is 0.253 e. The molecule has 0 radical (unpaired) electrons. The molecule has 7 nitrogen and oxygen atoms in total. The molecular weight excluding hydrogens is 388 g/mol. The predicted octanol–water partition coefficient (Wildman–Crippen LogP) is 3.20. The molecule has 3 aromatic rings. The monoisotopic (exact) mass is 412 g/mol. The number of aryl methyl sites for hydroxylation is 1. The van der Waals surface area contributed by atoms with Crippen LogP contribution in [0.4, 0.5) is 0 Å². The number of methoxy groups -OCH3 is 1. The maximum Gasteiger partial charge on any atom is 0.253 e. The van der Waals surface area contributed by atoms with Gasteiger partial charge in [-0.05, 0) is 48.7 Å². The molecule has 0 spiro atoms. The molecule has 1 aliphatic rings. The Bertz CT molecular complexity index is 916. The number of aromatic nitrogens is 2. The average Bonchev–Trinajstić information content (AvgIpc) is 3.46. The molecule has 0 unspecified atom stereocenters. The van der Waals surface area contributed by atoms with Crippen molar-refractivity contribution in [2.75, 3.05) is 39.8 Å². The van der Waals surface area contributed by atoms with Gasteiger partial charge in [-0.2, -0.15) is 4.98 Å². The minimum Gasteiger partial charge on any atom is -0.497 e. The number of rotatable bonds is 7. The Morgan fingerprint density at radius 2 is 1.97 bits per heavy atom. The van der Waals surface area contributed by atoms with Gasteiger partial charge in [-0.3, -0.25) is 9.69 Å². The highest BCUT2D eigenvalue weighted by Gasteiger charge is 2.22. The SMILES string of the molecule is COc1ccc(C(=O)N2CCN(CCCc3nc(-c4cccs4)no3)CC2)cc1. The summed E-state index contributed by atoms with van der Waals surface area (Å²) in [5.74, 6) is 2.19. The molecule has 0 bridgehead atoms. The molecule has 1 saturated heterocycles. The van der Waals surface area contributed by atoms with Crippen molar-refractivity contribution in [2.24, 2.45) is 0 Å². The highest BCUT2D eigenvalue weighted by molar-refractivity contribution is 7.13. The largest absolute Gasteiger partial charge is 0.497 e. The van der Waals surface area contributed by atoms with Gasteiger partial charge in [0.05, 0.1) is 12.0 Å². The molecule has 3 heterocycles. The lowest BCUT2D eigenvalue weighted by Crippen LogP contribution is -2.48. The lowest BCUT2D eigenvalue weighted by molar-refractivity contribution is 0.0635. The Kier molecular flexibility index (Phi) is 6.21. The summed E-state index contributed by atoms with van der Waals surface area (Å²) in [7, 11) is 1.62. The quantitative estimate of drug-likeness (QED) is 0.593. The number of hydrogen-bond acceptors (Lipinski definition) is 7. The summed E-state index contributed by atoms with van der Waals surface area (Å²) in [5, 5.41) is 6.06. The molecule has 4 rings (SSSR count). The number of carbonyl (C=O) groups excluding carboxylic acids is 1. The van der Waals surface area contributed by atoms with Gasteiger partial charge in [0.1, 0.15) is 5.75 Å². The summed E-state index contributed by atoms with van der Waals surface area (Å²) in [4.78, 5) is 22.4. The fourth-order valence-electron chi connectivity index (χ4n) is 3.41. The molecule has 29 heavy (non-hydrogen) atoms. The number of nitrogens with zero attached hydrogens (tertiary/aromatic N) is 4. The summed E-state index contributed by atoms with van der Waals surface area (Å²) >= 11 is 1.61. The molecular formula is C21H24N4O3S. The third kappa shape index (κ3) is 4.83. The number of hydrogen-bond donors (Lipinski definition) is 0. The zero-order valence-electron chi connectivity index (χ0n) is 16.4. The van der Waals surface area contributed by atoms with Crippen LogP contribution in [0.5, 0.6) is 5.75 Å². The first kappa shape index (κ1) is 19.6. The van der Waals surface area contributed by atoms with Crippen molar-refractivity contribution in [3.05, 3.63) is 53.2 Å². The van der Waals surface area contributed by atoms with Crippen molar-refractivity contribution in [3.63, 3.8) is 0 Å². The van der Waals surface area contributed by atoms with E-state index in [0.717, 1.165) is 56.2 Å². The van der Waals surface area contributed by atoms with Gasteiger partial charge in [0, 0.05) is 38.2 Å². The Morgan fingerprint density at radius 3 is 2.66 bits per heavy atom. The average molecular weight is 413 g/mol. The predicted molar refractivity (Wildman–Crippen MR) is 111 cm³/mol. The lowest BCUT2D eigenvalue weighted by atomic mass is 10.1. The van der Waals surface area contributed by atoms with E-state index in [1.54, 1.807) is 18.4 Å². The van der Waals surface area contributed by atoms with E-state index in [0.29, 0.717) is 17.3 Å². The summed E-state index contributed by atoms with van der Waals surface area (Å²) in [6.07, 6.45) is 1.72. The van der Waals surface area contributed by atoms with Gasteiger partial charge in [-0.15, -0.1) is 11.3 Å². The minimum absolute atomic E-state index is 0.0827. The number of amides is 1. The second-order valence-electron chi connectivity index (χ2n) is 6.95. The summed E-state index contributed by atoms with van der Waals surface area (Å²) in [6, 6.07) is 11.3. The Labute approximate surface area is 173 Å². The van der Waals surface area contributed by atoms with Crippen molar-refractivity contribution < 1.29 is 14.1 Å². The maximum atomic E-state index is 12.6. The molecule has 1 amide bonds. The van der Waals surface area contributed by atoms with Gasteiger partial charge in [0.2, 0.25) is 11.7 Å². The first-order valence-corrected chi connectivity index (χ1v) is 10.6. The van der Waals surface area contributed by atoms with Gasteiger partial charge >= 0.3 is 0 Å². The van der Waals surface area contributed by atoms with Crippen LogP contribution in [0.3, 0.4) is 0 Å². The van der Waals surface area contributed by atoms with Crippen LogP contribution in [0.15, 0.2) is 46.3 Å². The molecule has 1 aliphatic heterocycles. The van der Waals surface area contributed by atoms with E-state index in [9.17, 15) is 4.79 Å². The fraction of sp³-hybridized carbons (Fsp3) is 0.381. The Morgan fingerprint density at radius 1 is 1.17 bits per heavy atom. The van der Waals surface area contributed by atoms with Crippen molar-refractivity contribution in [1.82, 2.24) is 19.9 Å². The van der Waals surface area contributed by atoms with Gasteiger partial charge in [0.25, 0.3) is 5.91 Å². The third-order valence-electron chi connectivity index (χ3n) is 5.07. The van der Waals surface area contributed by atoms with E-state index in [1.807, 2.05) is 46.7 Å². The topological polar surface area (TPSA) is 71.7 Å². The number of benzene rings is 1. The molecule has 152 valence electrons. The van der Waals surface area contributed by atoms with Crippen LogP contribution >= 0.6 is 11.3 Å². The number of thiophene rings is 1. The van der Waals surface area contributed by atoms with Gasteiger partial charge in [0.15, 0.2) is 0 Å². The number of piperazine rings is 1. The first-order valence-electron chi connectivity index (χ1n) is 9.75. The number of carbonyl (C=O) groups is 1. The van der Waals surface area contributed by atoms with Crippen molar-refractivity contribution >= 4 is 17.2 Å². The van der Waals surface area contributed by atoms with Crippen LogP contribution in [0.25, 0.3) is 10.7 Å². The molecule has 0 atom stereocenters. The molecule has 0 N–H and O–H groups in total. The zero-order valence-corrected chi connectivity index (χ0v) is 17.2. The van der Waals surface area contributed by atoms with Crippen molar-refractivity contribution in [1.29, 1.82) is 0 Å². The summed E-state index contributed by atoms with van der Waals surface area (Å²) in [5.41, 5.74) is 0.706. The van der Waals surface area contributed by atoms with Crippen LogP contribution in [0, 0.1) is 0 Å². The zero-order chi connectivity index (χ0) is 20.1. The minimum atomic E-state index is 0.0827.